The fraction of sp³-hybridized carbons (Fsp3) is 0.538. The molecule has 1 amide bonds. The van der Waals surface area contributed by atoms with Crippen molar-refractivity contribution in [2.24, 2.45) is 5.92 Å². The zero-order chi connectivity index (χ0) is 29.0. The number of nitrogens with one attached hydrogen (secondary N) is 1. The molecule has 13 heteroatoms. The lowest BCUT2D eigenvalue weighted by atomic mass is 10.2. The number of benzene rings is 1. The normalized spacial score (nSPS) is 14.2. The molecule has 0 aliphatic heterocycles. The number of alkyl carbamates (subject to hydrolysis) is 1. The molecule has 216 valence electrons. The Kier molecular flexibility index (Phi) is 12.5. The molecule has 0 aliphatic rings. The van der Waals surface area contributed by atoms with Gasteiger partial charge < -0.3 is 28.4 Å². The lowest BCUT2D eigenvalue weighted by Crippen LogP contribution is -2.38. The van der Waals surface area contributed by atoms with E-state index in [0.29, 0.717) is 6.42 Å². The summed E-state index contributed by atoms with van der Waals surface area (Å²) in [6, 6.07) is 9.21. The van der Waals surface area contributed by atoms with E-state index in [1.165, 1.54) is 13.8 Å². The molecular weight excluding hydrogens is 533 g/mol. The molecule has 12 nitrogen and oxygen atoms in total. The summed E-state index contributed by atoms with van der Waals surface area (Å²) in [6.07, 6.45) is -2.20. The van der Waals surface area contributed by atoms with Gasteiger partial charge in [0.25, 0.3) is 0 Å². The maximum atomic E-state index is 14.4. The summed E-state index contributed by atoms with van der Waals surface area (Å²) in [6.45, 7) is 7.57. The third kappa shape index (κ3) is 10.7. The highest BCUT2D eigenvalue weighted by Gasteiger charge is 2.38. The van der Waals surface area contributed by atoms with Crippen molar-refractivity contribution in [2.75, 3.05) is 12.8 Å². The van der Waals surface area contributed by atoms with Gasteiger partial charge in [0, 0.05) is 12.6 Å². The van der Waals surface area contributed by atoms with Gasteiger partial charge in [-0.1, -0.05) is 44.2 Å². The SMILES string of the molecule is CCOC(=O)CCC(NC(=O)OCc1oc(=O)oc1C)P(=O)(CCc1ccccc1)OC(C)OC(=O)C(C)C. The van der Waals surface area contributed by atoms with Gasteiger partial charge >= 0.3 is 23.9 Å². The van der Waals surface area contributed by atoms with Gasteiger partial charge in [-0.05, 0) is 39.2 Å². The number of carbonyl (C=O) groups excluding carboxylic acids is 3. The summed E-state index contributed by atoms with van der Waals surface area (Å²) in [5.41, 5.74) is 0.866. The minimum atomic E-state index is -3.86. The molecule has 0 saturated heterocycles. The molecule has 0 radical (unpaired) electrons. The molecule has 2 rings (SSSR count). The largest absolute Gasteiger partial charge is 0.519 e. The number of rotatable bonds is 15. The Morgan fingerprint density at radius 2 is 1.74 bits per heavy atom. The fourth-order valence-corrected chi connectivity index (χ4v) is 5.96. The van der Waals surface area contributed by atoms with Gasteiger partial charge in [0.1, 0.15) is 5.78 Å². The van der Waals surface area contributed by atoms with Crippen LogP contribution in [-0.4, -0.2) is 42.9 Å². The van der Waals surface area contributed by atoms with Crippen molar-refractivity contribution in [1.82, 2.24) is 5.32 Å². The predicted molar refractivity (Wildman–Crippen MR) is 139 cm³/mol. The zero-order valence-corrected chi connectivity index (χ0v) is 23.7. The first kappa shape index (κ1) is 31.8. The first-order chi connectivity index (χ1) is 18.4. The smallest absolute Gasteiger partial charge is 0.466 e. The van der Waals surface area contributed by atoms with Gasteiger partial charge in [0.2, 0.25) is 13.7 Å². The van der Waals surface area contributed by atoms with Crippen LogP contribution in [0.1, 0.15) is 57.6 Å². The number of carbonyl (C=O) groups is 3. The molecule has 2 aromatic rings. The number of hydrogen-bond acceptors (Lipinski definition) is 11. The van der Waals surface area contributed by atoms with Crippen LogP contribution in [0.2, 0.25) is 0 Å². The Morgan fingerprint density at radius 3 is 2.33 bits per heavy atom. The van der Waals surface area contributed by atoms with Gasteiger partial charge in [-0.2, -0.15) is 0 Å². The zero-order valence-electron chi connectivity index (χ0n) is 22.8. The van der Waals surface area contributed by atoms with Crippen molar-refractivity contribution in [2.45, 2.75) is 72.6 Å². The van der Waals surface area contributed by atoms with E-state index in [-0.39, 0.29) is 37.1 Å². The Hall–Kier alpha value is -3.37. The Balaban J connectivity index is 2.28. The third-order valence-corrected chi connectivity index (χ3v) is 8.33. The lowest BCUT2D eigenvalue weighted by Gasteiger charge is -2.30. The highest BCUT2D eigenvalue weighted by Crippen LogP contribution is 2.54. The van der Waals surface area contributed by atoms with Crippen molar-refractivity contribution in [3.05, 3.63) is 58.0 Å². The maximum Gasteiger partial charge on any atom is 0.519 e. The van der Waals surface area contributed by atoms with Crippen molar-refractivity contribution in [3.8, 4) is 0 Å². The van der Waals surface area contributed by atoms with Gasteiger partial charge in [0.15, 0.2) is 18.1 Å². The number of aryl methyl sites for hydroxylation is 2. The van der Waals surface area contributed by atoms with E-state index in [4.69, 9.17) is 27.6 Å². The van der Waals surface area contributed by atoms with Crippen molar-refractivity contribution in [1.29, 1.82) is 0 Å². The second-order valence-corrected chi connectivity index (χ2v) is 11.7. The summed E-state index contributed by atoms with van der Waals surface area (Å²) in [7, 11) is -3.86. The molecule has 1 aromatic carbocycles. The van der Waals surface area contributed by atoms with Crippen LogP contribution < -0.4 is 11.1 Å². The van der Waals surface area contributed by atoms with Crippen LogP contribution in [0.15, 0.2) is 44.0 Å². The van der Waals surface area contributed by atoms with E-state index in [0.717, 1.165) is 5.56 Å². The molecular formula is C26H36NO11P. The molecule has 39 heavy (non-hydrogen) atoms. The summed E-state index contributed by atoms with van der Waals surface area (Å²) < 4.78 is 45.2. The van der Waals surface area contributed by atoms with Crippen molar-refractivity contribution in [3.63, 3.8) is 0 Å². The standard InChI is InChI=1S/C26H36NO11P/c1-6-33-23(28)13-12-22(27-25(30)34-16-21-18(4)35-26(31)37-21)39(32,15-14-20-10-8-7-9-11-20)38-19(5)36-24(29)17(2)3/h7-11,17,19,22H,6,12-16H2,1-5H3,(H,27,30). The molecule has 0 spiro atoms. The molecule has 1 heterocycles. The van der Waals surface area contributed by atoms with Crippen LogP contribution in [0.5, 0.6) is 0 Å². The first-order valence-corrected chi connectivity index (χ1v) is 14.5. The second kappa shape index (κ2) is 15.3. The van der Waals surface area contributed by atoms with E-state index < -0.39 is 55.8 Å². The molecule has 0 saturated carbocycles. The molecule has 1 aromatic heterocycles. The predicted octanol–water partition coefficient (Wildman–Crippen LogP) is 4.52. The topological polar surface area (TPSA) is 161 Å². The average molecular weight is 570 g/mol. The third-order valence-electron chi connectivity index (χ3n) is 5.49. The number of ether oxygens (including phenoxy) is 3. The molecule has 0 bridgehead atoms. The van der Waals surface area contributed by atoms with Crippen LogP contribution in [0, 0.1) is 12.8 Å². The van der Waals surface area contributed by atoms with E-state index >= 15 is 0 Å². The fourth-order valence-electron chi connectivity index (χ4n) is 3.45. The van der Waals surface area contributed by atoms with E-state index in [1.54, 1.807) is 20.8 Å². The minimum Gasteiger partial charge on any atom is -0.466 e. The quantitative estimate of drug-likeness (QED) is 0.139. The molecule has 3 atom stereocenters. The maximum absolute atomic E-state index is 14.4. The van der Waals surface area contributed by atoms with Crippen LogP contribution in [0.4, 0.5) is 4.79 Å². The van der Waals surface area contributed by atoms with Crippen molar-refractivity contribution >= 4 is 25.4 Å². The van der Waals surface area contributed by atoms with E-state index in [9.17, 15) is 23.7 Å². The molecule has 0 fully saturated rings. The lowest BCUT2D eigenvalue weighted by molar-refractivity contribution is -0.165. The molecule has 1 N–H and O–H groups in total. The Bertz CT molecular complexity index is 1190. The monoisotopic (exact) mass is 569 g/mol. The number of esters is 2. The highest BCUT2D eigenvalue weighted by molar-refractivity contribution is 7.59. The van der Waals surface area contributed by atoms with Crippen LogP contribution in [0.3, 0.4) is 0 Å². The summed E-state index contributed by atoms with van der Waals surface area (Å²) in [4.78, 5) is 48.2. The summed E-state index contributed by atoms with van der Waals surface area (Å²) in [5.74, 6) is -3.54. The van der Waals surface area contributed by atoms with Gasteiger partial charge in [-0.3, -0.25) is 18.7 Å². The van der Waals surface area contributed by atoms with Crippen LogP contribution in [0.25, 0.3) is 0 Å². The number of hydrogen-bond donors (Lipinski definition) is 1. The first-order valence-electron chi connectivity index (χ1n) is 12.6. The van der Waals surface area contributed by atoms with Crippen molar-refractivity contribution < 1.29 is 46.5 Å². The molecule has 3 unspecified atom stereocenters. The van der Waals surface area contributed by atoms with E-state index in [1.807, 2.05) is 30.3 Å². The number of amides is 1. The van der Waals surface area contributed by atoms with Crippen LogP contribution >= 0.6 is 7.37 Å². The van der Waals surface area contributed by atoms with Crippen LogP contribution in [-0.2, 0) is 45.9 Å². The summed E-state index contributed by atoms with van der Waals surface area (Å²) >= 11 is 0. The average Bonchev–Trinajstić information content (AvgIpc) is 3.21. The molecule has 0 aliphatic carbocycles. The van der Waals surface area contributed by atoms with E-state index in [2.05, 4.69) is 5.32 Å². The summed E-state index contributed by atoms with van der Waals surface area (Å²) in [5, 5.41) is 2.52. The second-order valence-electron chi connectivity index (χ2n) is 8.96. The van der Waals surface area contributed by atoms with Gasteiger partial charge in [-0.25, -0.2) is 9.59 Å². The Labute approximate surface area is 226 Å². The van der Waals surface area contributed by atoms with Gasteiger partial charge in [0.05, 0.1) is 12.5 Å². The minimum absolute atomic E-state index is 0.0101. The van der Waals surface area contributed by atoms with Gasteiger partial charge in [-0.15, -0.1) is 0 Å². The Morgan fingerprint density at radius 1 is 1.05 bits per heavy atom. The highest BCUT2D eigenvalue weighted by atomic mass is 31.2.